The Morgan fingerprint density at radius 1 is 0.921 bits per heavy atom. The summed E-state index contributed by atoms with van der Waals surface area (Å²) >= 11 is 0. The van der Waals surface area contributed by atoms with Crippen molar-refractivity contribution >= 4 is 14.6 Å². The number of rotatable bonds is 13. The molecule has 1 aromatic carbocycles. The number of ether oxygens (including phenoxy) is 5. The van der Waals surface area contributed by atoms with Crippen molar-refractivity contribution < 1.29 is 32.9 Å². The highest BCUT2D eigenvalue weighted by molar-refractivity contribution is 6.77. The zero-order valence-electron chi connectivity index (χ0n) is 24.7. The zero-order chi connectivity index (χ0) is 27.9. The molecule has 38 heavy (non-hydrogen) atoms. The Labute approximate surface area is 231 Å². The first kappa shape index (κ1) is 31.2. The standard InChI is InChI=1S/C30H50O7Si/c1-21(2)38(22(3)4,23(5)6)35-20-29-16-28(34-19-24-9-11-25(32-7)12-10-24)18-30(37-29)17-27(33-8)15-26(36-30)13-14-31/h9-12,14,21-23,26-29H,13,15-20H2,1-8H3/t26-,27+,28+,29-,30-/m1/s1. The largest absolute Gasteiger partial charge is 0.497 e. The average Bonchev–Trinajstić information content (AvgIpc) is 2.87. The van der Waals surface area contributed by atoms with E-state index in [1.54, 1.807) is 14.2 Å². The van der Waals surface area contributed by atoms with E-state index in [-0.39, 0.29) is 24.4 Å². The summed E-state index contributed by atoms with van der Waals surface area (Å²) in [7, 11) is 1.32. The summed E-state index contributed by atoms with van der Waals surface area (Å²) in [5, 5.41) is 0. The Balaban J connectivity index is 1.81. The monoisotopic (exact) mass is 550 g/mol. The van der Waals surface area contributed by atoms with Crippen LogP contribution in [0.15, 0.2) is 24.3 Å². The smallest absolute Gasteiger partial charge is 0.200 e. The molecule has 0 amide bonds. The molecule has 8 heteroatoms. The SMILES string of the molecule is COc1ccc(CO[C@H]2C[C@H](CO[Si](C(C)C)(C(C)C)C(C)C)O[C@]3(C[C@@H](OC)C[C@@H](CC=O)O3)C2)cc1. The molecule has 216 valence electrons. The molecule has 0 radical (unpaired) electrons. The molecule has 5 atom stereocenters. The van der Waals surface area contributed by atoms with Crippen molar-refractivity contribution in [3.8, 4) is 5.75 Å². The fourth-order valence-corrected chi connectivity index (χ4v) is 12.3. The van der Waals surface area contributed by atoms with E-state index in [1.165, 1.54) is 0 Å². The van der Waals surface area contributed by atoms with Gasteiger partial charge in [0.05, 0.1) is 44.7 Å². The summed E-state index contributed by atoms with van der Waals surface area (Å²) in [5.74, 6) is -0.0345. The lowest BCUT2D eigenvalue weighted by atomic mass is 9.89. The third-order valence-electron chi connectivity index (χ3n) is 8.46. The van der Waals surface area contributed by atoms with Gasteiger partial charge in [-0.2, -0.15) is 0 Å². The molecule has 0 unspecified atom stereocenters. The molecule has 0 saturated carbocycles. The summed E-state index contributed by atoms with van der Waals surface area (Å²) in [6.07, 6.45) is 3.36. The minimum absolute atomic E-state index is 0.0361. The number of hydrogen-bond acceptors (Lipinski definition) is 7. The van der Waals surface area contributed by atoms with Gasteiger partial charge in [0.25, 0.3) is 0 Å². The fraction of sp³-hybridized carbons (Fsp3) is 0.767. The predicted molar refractivity (Wildman–Crippen MR) is 151 cm³/mol. The minimum Gasteiger partial charge on any atom is -0.497 e. The molecule has 3 rings (SSSR count). The molecule has 0 aromatic heterocycles. The van der Waals surface area contributed by atoms with Crippen LogP contribution >= 0.6 is 0 Å². The quantitative estimate of drug-likeness (QED) is 0.207. The Morgan fingerprint density at radius 2 is 1.50 bits per heavy atom. The van der Waals surface area contributed by atoms with Crippen LogP contribution in [0.3, 0.4) is 0 Å². The fourth-order valence-electron chi connectivity index (χ4n) is 6.79. The van der Waals surface area contributed by atoms with E-state index >= 15 is 0 Å². The number of benzene rings is 1. The molecule has 2 fully saturated rings. The molecule has 7 nitrogen and oxygen atoms in total. The number of hydrogen-bond donors (Lipinski definition) is 0. The van der Waals surface area contributed by atoms with Gasteiger partial charge in [0.2, 0.25) is 0 Å². The molecular weight excluding hydrogens is 500 g/mol. The first-order valence-electron chi connectivity index (χ1n) is 14.3. The summed E-state index contributed by atoms with van der Waals surface area (Å²) in [6.45, 7) is 14.8. The highest BCUT2D eigenvalue weighted by Crippen LogP contribution is 2.45. The van der Waals surface area contributed by atoms with Crippen molar-refractivity contribution in [1.29, 1.82) is 0 Å². The van der Waals surface area contributed by atoms with Crippen molar-refractivity contribution in [3.05, 3.63) is 29.8 Å². The van der Waals surface area contributed by atoms with Gasteiger partial charge in [-0.25, -0.2) is 0 Å². The first-order chi connectivity index (χ1) is 18.1. The lowest BCUT2D eigenvalue weighted by Gasteiger charge is -2.50. The predicted octanol–water partition coefficient (Wildman–Crippen LogP) is 6.43. The van der Waals surface area contributed by atoms with Crippen LogP contribution in [-0.4, -0.2) is 65.6 Å². The van der Waals surface area contributed by atoms with Crippen LogP contribution in [0.1, 0.15) is 79.2 Å². The third-order valence-corrected chi connectivity index (χ3v) is 14.5. The number of aldehydes is 1. The number of carbonyl (C=O) groups excluding carboxylic acids is 1. The van der Waals surface area contributed by atoms with Crippen LogP contribution in [0.5, 0.6) is 5.75 Å². The molecule has 0 aliphatic carbocycles. The summed E-state index contributed by atoms with van der Waals surface area (Å²) in [4.78, 5) is 11.4. The Hall–Kier alpha value is -1.29. The summed E-state index contributed by atoms with van der Waals surface area (Å²) in [5.41, 5.74) is 2.55. The van der Waals surface area contributed by atoms with Gasteiger partial charge >= 0.3 is 0 Å². The maximum Gasteiger partial charge on any atom is 0.200 e. The Morgan fingerprint density at radius 3 is 2.05 bits per heavy atom. The highest BCUT2D eigenvalue weighted by Gasteiger charge is 2.51. The number of carbonyl (C=O) groups is 1. The maximum atomic E-state index is 11.4. The van der Waals surface area contributed by atoms with Gasteiger partial charge in [-0.15, -0.1) is 0 Å². The lowest BCUT2D eigenvalue weighted by molar-refractivity contribution is -0.344. The topological polar surface area (TPSA) is 72.5 Å². The maximum absolute atomic E-state index is 11.4. The third kappa shape index (κ3) is 7.46. The van der Waals surface area contributed by atoms with Gasteiger partial charge in [-0.05, 0) is 34.3 Å². The van der Waals surface area contributed by atoms with E-state index in [1.807, 2.05) is 24.3 Å². The molecule has 2 aliphatic rings. The molecule has 2 heterocycles. The molecule has 1 aromatic rings. The van der Waals surface area contributed by atoms with Crippen LogP contribution in [0.25, 0.3) is 0 Å². The van der Waals surface area contributed by atoms with Gasteiger partial charge in [-0.1, -0.05) is 53.7 Å². The number of methoxy groups -OCH3 is 2. The van der Waals surface area contributed by atoms with E-state index in [0.29, 0.717) is 55.5 Å². The van der Waals surface area contributed by atoms with Gasteiger partial charge in [-0.3, -0.25) is 0 Å². The van der Waals surface area contributed by atoms with Crippen molar-refractivity contribution in [2.75, 3.05) is 20.8 Å². The molecule has 0 N–H and O–H groups in total. The zero-order valence-corrected chi connectivity index (χ0v) is 25.7. The van der Waals surface area contributed by atoms with E-state index in [0.717, 1.165) is 24.0 Å². The van der Waals surface area contributed by atoms with E-state index in [9.17, 15) is 4.79 Å². The lowest BCUT2D eigenvalue weighted by Crippen LogP contribution is -2.57. The van der Waals surface area contributed by atoms with Gasteiger partial charge in [0.1, 0.15) is 12.0 Å². The molecule has 2 saturated heterocycles. The van der Waals surface area contributed by atoms with Crippen molar-refractivity contribution in [2.45, 2.75) is 127 Å². The van der Waals surface area contributed by atoms with Crippen molar-refractivity contribution in [3.63, 3.8) is 0 Å². The molecule has 1 spiro atoms. The normalized spacial score (nSPS) is 28.4. The summed E-state index contributed by atoms with van der Waals surface area (Å²) in [6, 6.07) is 7.96. The van der Waals surface area contributed by atoms with Gasteiger partial charge in [0.15, 0.2) is 14.1 Å². The van der Waals surface area contributed by atoms with E-state index in [2.05, 4.69) is 41.5 Å². The second-order valence-corrected chi connectivity index (χ2v) is 17.4. The Kier molecular flexibility index (Phi) is 11.4. The van der Waals surface area contributed by atoms with Crippen LogP contribution in [0.2, 0.25) is 16.6 Å². The van der Waals surface area contributed by atoms with Crippen molar-refractivity contribution in [1.82, 2.24) is 0 Å². The first-order valence-corrected chi connectivity index (χ1v) is 16.4. The van der Waals surface area contributed by atoms with Gasteiger partial charge in [0, 0.05) is 39.2 Å². The van der Waals surface area contributed by atoms with Gasteiger partial charge < -0.3 is 32.9 Å². The van der Waals surface area contributed by atoms with E-state index in [4.69, 9.17) is 28.1 Å². The van der Waals surface area contributed by atoms with E-state index < -0.39 is 14.1 Å². The average molecular weight is 551 g/mol. The van der Waals surface area contributed by atoms with Crippen LogP contribution in [-0.2, 0) is 34.8 Å². The second kappa shape index (κ2) is 13.9. The highest BCUT2D eigenvalue weighted by atomic mass is 28.4. The molecule has 0 bridgehead atoms. The Bertz CT molecular complexity index is 837. The van der Waals surface area contributed by atoms with Crippen molar-refractivity contribution in [2.24, 2.45) is 0 Å². The van der Waals surface area contributed by atoms with Crippen LogP contribution in [0.4, 0.5) is 0 Å². The molecular formula is C30H50O7Si. The van der Waals surface area contributed by atoms with Crippen LogP contribution in [0, 0.1) is 0 Å². The summed E-state index contributed by atoms with van der Waals surface area (Å²) < 4.78 is 37.8. The van der Waals surface area contributed by atoms with Crippen LogP contribution < -0.4 is 4.74 Å². The second-order valence-electron chi connectivity index (χ2n) is 11.9. The minimum atomic E-state index is -2.07. The molecule has 2 aliphatic heterocycles.